The summed E-state index contributed by atoms with van der Waals surface area (Å²) < 4.78 is 10.6. The van der Waals surface area contributed by atoms with Gasteiger partial charge in [0.1, 0.15) is 0 Å². The number of aromatic nitrogens is 2. The van der Waals surface area contributed by atoms with E-state index in [1.807, 2.05) is 6.92 Å². The molecule has 2 aliphatic rings. The van der Waals surface area contributed by atoms with Crippen LogP contribution >= 0.6 is 0 Å². The molecule has 3 atom stereocenters. The minimum Gasteiger partial charge on any atom is -0.481 e. The third-order valence-corrected chi connectivity index (χ3v) is 5.11. The van der Waals surface area contributed by atoms with Crippen molar-refractivity contribution in [3.63, 3.8) is 0 Å². The van der Waals surface area contributed by atoms with Gasteiger partial charge < -0.3 is 14.4 Å². The smallest absolute Gasteiger partial charge is 0.314 e. The summed E-state index contributed by atoms with van der Waals surface area (Å²) >= 11 is 0. The van der Waals surface area contributed by atoms with Gasteiger partial charge in [-0.3, -0.25) is 4.79 Å². The van der Waals surface area contributed by atoms with Crippen LogP contribution in [0.1, 0.15) is 39.5 Å². The van der Waals surface area contributed by atoms with E-state index in [2.05, 4.69) is 21.8 Å². The molecule has 2 fully saturated rings. The molecule has 2 saturated heterocycles. The van der Waals surface area contributed by atoms with Crippen molar-refractivity contribution in [1.29, 1.82) is 0 Å². The van der Waals surface area contributed by atoms with Crippen LogP contribution in [0.15, 0.2) is 12.3 Å². The number of esters is 1. The van der Waals surface area contributed by atoms with E-state index in [9.17, 15) is 4.79 Å². The SMILES string of the molecule is CCOC(=O)[C@@]1(CC)C[C@H]2CC[C@@H]1N2c1nccc(OC)n1. The Labute approximate surface area is 130 Å². The number of hydrogen-bond acceptors (Lipinski definition) is 6. The second-order valence-electron chi connectivity index (χ2n) is 5.99. The number of anilines is 1. The van der Waals surface area contributed by atoms with Gasteiger partial charge in [-0.1, -0.05) is 6.92 Å². The number of fused-ring (bicyclic) bond motifs is 2. The van der Waals surface area contributed by atoms with Gasteiger partial charge in [0.05, 0.1) is 19.1 Å². The topological polar surface area (TPSA) is 64.5 Å². The van der Waals surface area contributed by atoms with Crippen LogP contribution in [0, 0.1) is 5.41 Å². The van der Waals surface area contributed by atoms with Crippen molar-refractivity contribution in [3.8, 4) is 5.88 Å². The Hall–Kier alpha value is -1.85. The van der Waals surface area contributed by atoms with E-state index >= 15 is 0 Å². The lowest BCUT2D eigenvalue weighted by Crippen LogP contribution is -2.44. The molecule has 0 aromatic carbocycles. The van der Waals surface area contributed by atoms with Crippen molar-refractivity contribution in [2.75, 3.05) is 18.6 Å². The molecule has 22 heavy (non-hydrogen) atoms. The molecular weight excluding hydrogens is 282 g/mol. The Kier molecular flexibility index (Phi) is 3.93. The molecule has 2 bridgehead atoms. The van der Waals surface area contributed by atoms with Gasteiger partial charge in [-0.15, -0.1) is 0 Å². The van der Waals surface area contributed by atoms with Crippen LogP contribution in [0.25, 0.3) is 0 Å². The van der Waals surface area contributed by atoms with E-state index in [1.54, 1.807) is 19.4 Å². The van der Waals surface area contributed by atoms with E-state index in [0.29, 0.717) is 24.5 Å². The van der Waals surface area contributed by atoms with E-state index in [0.717, 1.165) is 25.7 Å². The zero-order chi connectivity index (χ0) is 15.7. The van der Waals surface area contributed by atoms with Crippen LogP contribution in [-0.4, -0.2) is 41.7 Å². The normalized spacial score (nSPS) is 29.7. The Morgan fingerprint density at radius 1 is 1.45 bits per heavy atom. The van der Waals surface area contributed by atoms with Crippen molar-refractivity contribution in [3.05, 3.63) is 12.3 Å². The quantitative estimate of drug-likeness (QED) is 0.777. The fourth-order valence-corrected chi connectivity index (χ4v) is 4.07. The fraction of sp³-hybridized carbons (Fsp3) is 0.688. The molecular formula is C16H23N3O3. The van der Waals surface area contributed by atoms with E-state index in [4.69, 9.17) is 9.47 Å². The molecule has 0 aliphatic carbocycles. The van der Waals surface area contributed by atoms with Gasteiger partial charge in [0.25, 0.3) is 0 Å². The number of hydrogen-bond donors (Lipinski definition) is 0. The monoisotopic (exact) mass is 305 g/mol. The number of methoxy groups -OCH3 is 1. The number of carbonyl (C=O) groups excluding carboxylic acids is 1. The zero-order valence-electron chi connectivity index (χ0n) is 13.4. The summed E-state index contributed by atoms with van der Waals surface area (Å²) in [5, 5.41) is 0. The minimum absolute atomic E-state index is 0.0717. The standard InChI is InChI=1S/C16H23N3O3/c1-4-16(14(20)22-5-2)10-11-6-7-12(16)19(11)15-17-9-8-13(18-15)21-3/h8-9,11-12H,4-7,10H2,1-3H3/t11-,12+,16+/m1/s1. The van der Waals surface area contributed by atoms with Gasteiger partial charge >= 0.3 is 5.97 Å². The molecule has 0 amide bonds. The maximum Gasteiger partial charge on any atom is 0.314 e. The Balaban J connectivity index is 1.93. The molecule has 3 rings (SSSR count). The molecule has 120 valence electrons. The van der Waals surface area contributed by atoms with E-state index in [-0.39, 0.29) is 12.0 Å². The fourth-order valence-electron chi connectivity index (χ4n) is 4.07. The molecule has 6 heteroatoms. The summed E-state index contributed by atoms with van der Waals surface area (Å²) in [6.45, 7) is 4.35. The van der Waals surface area contributed by atoms with Crippen LogP contribution in [0.4, 0.5) is 5.95 Å². The van der Waals surface area contributed by atoms with Crippen LogP contribution in [-0.2, 0) is 9.53 Å². The second-order valence-corrected chi connectivity index (χ2v) is 5.99. The number of carbonyl (C=O) groups is 1. The predicted octanol–water partition coefficient (Wildman–Crippen LogP) is 2.19. The Bertz CT molecular complexity index is 565. The van der Waals surface area contributed by atoms with Crippen LogP contribution in [0.3, 0.4) is 0 Å². The molecule has 1 aromatic rings. The van der Waals surface area contributed by atoms with E-state index in [1.165, 1.54) is 0 Å². The van der Waals surface area contributed by atoms with Crippen molar-refractivity contribution < 1.29 is 14.3 Å². The first kappa shape index (κ1) is 15.1. The number of rotatable bonds is 5. The maximum atomic E-state index is 12.6. The van der Waals surface area contributed by atoms with Crippen molar-refractivity contribution in [1.82, 2.24) is 9.97 Å². The summed E-state index contributed by atoms with van der Waals surface area (Å²) in [7, 11) is 1.60. The summed E-state index contributed by atoms with van der Waals surface area (Å²) in [6, 6.07) is 2.16. The Morgan fingerprint density at radius 2 is 2.27 bits per heavy atom. The summed E-state index contributed by atoms with van der Waals surface area (Å²) in [5.74, 6) is 1.14. The largest absolute Gasteiger partial charge is 0.481 e. The minimum atomic E-state index is -0.425. The van der Waals surface area contributed by atoms with Gasteiger partial charge in [0, 0.05) is 24.3 Å². The zero-order valence-corrected chi connectivity index (χ0v) is 13.4. The lowest BCUT2D eigenvalue weighted by Gasteiger charge is -2.34. The highest BCUT2D eigenvalue weighted by Gasteiger charge is 2.60. The van der Waals surface area contributed by atoms with Gasteiger partial charge in [-0.05, 0) is 32.6 Å². The third kappa shape index (κ3) is 2.12. The van der Waals surface area contributed by atoms with Crippen LogP contribution < -0.4 is 9.64 Å². The molecule has 0 unspecified atom stereocenters. The molecule has 3 heterocycles. The molecule has 1 aromatic heterocycles. The van der Waals surface area contributed by atoms with Gasteiger partial charge in [0.2, 0.25) is 11.8 Å². The molecule has 0 spiro atoms. The van der Waals surface area contributed by atoms with Crippen molar-refractivity contribution in [2.45, 2.75) is 51.6 Å². The van der Waals surface area contributed by atoms with E-state index < -0.39 is 5.41 Å². The first-order valence-electron chi connectivity index (χ1n) is 7.99. The number of ether oxygens (including phenoxy) is 2. The van der Waals surface area contributed by atoms with Crippen LogP contribution in [0.2, 0.25) is 0 Å². The molecule has 0 saturated carbocycles. The Morgan fingerprint density at radius 3 is 2.95 bits per heavy atom. The molecule has 2 aliphatic heterocycles. The van der Waals surface area contributed by atoms with Gasteiger partial charge in [-0.2, -0.15) is 4.98 Å². The highest BCUT2D eigenvalue weighted by Crippen LogP contribution is 2.53. The average molecular weight is 305 g/mol. The van der Waals surface area contributed by atoms with Crippen LogP contribution in [0.5, 0.6) is 5.88 Å². The first-order valence-corrected chi connectivity index (χ1v) is 7.99. The second kappa shape index (κ2) is 5.74. The third-order valence-electron chi connectivity index (χ3n) is 5.11. The predicted molar refractivity (Wildman–Crippen MR) is 81.8 cm³/mol. The number of nitrogens with zero attached hydrogens (tertiary/aromatic N) is 3. The summed E-state index contributed by atoms with van der Waals surface area (Å²) in [4.78, 5) is 23.6. The first-order chi connectivity index (χ1) is 10.7. The van der Waals surface area contributed by atoms with Gasteiger partial charge in [-0.25, -0.2) is 4.98 Å². The van der Waals surface area contributed by atoms with Crippen molar-refractivity contribution in [2.24, 2.45) is 5.41 Å². The summed E-state index contributed by atoms with van der Waals surface area (Å²) in [5.41, 5.74) is -0.425. The highest BCUT2D eigenvalue weighted by atomic mass is 16.5. The molecule has 0 radical (unpaired) electrons. The molecule has 0 N–H and O–H groups in total. The lowest BCUT2D eigenvalue weighted by atomic mass is 9.72. The summed E-state index contributed by atoms with van der Waals surface area (Å²) in [6.07, 6.45) is 5.38. The van der Waals surface area contributed by atoms with Crippen molar-refractivity contribution >= 4 is 11.9 Å². The average Bonchev–Trinajstić information content (AvgIpc) is 3.11. The molecule has 6 nitrogen and oxygen atoms in total. The highest BCUT2D eigenvalue weighted by molar-refractivity contribution is 5.80. The van der Waals surface area contributed by atoms with Gasteiger partial charge in [0.15, 0.2) is 0 Å². The maximum absolute atomic E-state index is 12.6. The lowest BCUT2D eigenvalue weighted by molar-refractivity contribution is -0.157.